The summed E-state index contributed by atoms with van der Waals surface area (Å²) in [6, 6.07) is 11.8. The Bertz CT molecular complexity index is 790. The fourth-order valence-electron chi connectivity index (χ4n) is 4.62. The first-order valence-electron chi connectivity index (χ1n) is 9.52. The van der Waals surface area contributed by atoms with Crippen LogP contribution in [0.4, 0.5) is 0 Å². The summed E-state index contributed by atoms with van der Waals surface area (Å²) < 4.78 is 5.02. The third-order valence-corrected chi connectivity index (χ3v) is 5.86. The number of carbonyl (C=O) groups excluding carboxylic acids is 2. The van der Waals surface area contributed by atoms with E-state index in [0.29, 0.717) is 24.6 Å². The Kier molecular flexibility index (Phi) is 4.99. The number of nitrogens with zero attached hydrogens (tertiary/aromatic N) is 2. The van der Waals surface area contributed by atoms with Crippen LogP contribution in [0.1, 0.15) is 22.3 Å². The van der Waals surface area contributed by atoms with E-state index in [-0.39, 0.29) is 23.8 Å². The summed E-state index contributed by atoms with van der Waals surface area (Å²) in [7, 11) is 0. The Morgan fingerprint density at radius 2 is 1.93 bits per heavy atom. The molecule has 3 heterocycles. The maximum absolute atomic E-state index is 12.6. The number of furan rings is 1. The van der Waals surface area contributed by atoms with Crippen LogP contribution >= 0.6 is 0 Å². The third-order valence-electron chi connectivity index (χ3n) is 5.86. The SMILES string of the molecule is NC(=O)C1[C@@H]2CN(C(=O)c3ccoc3)CC2CN1CCCc1ccccc1. The maximum atomic E-state index is 12.6. The fourth-order valence-corrected chi connectivity index (χ4v) is 4.62. The molecule has 2 aliphatic heterocycles. The summed E-state index contributed by atoms with van der Waals surface area (Å²) in [5.74, 6) is 0.113. The van der Waals surface area contributed by atoms with Gasteiger partial charge >= 0.3 is 0 Å². The fraction of sp³-hybridized carbons (Fsp3) is 0.429. The second kappa shape index (κ2) is 7.56. The number of nitrogens with two attached hydrogens (primary N) is 1. The number of hydrogen-bond acceptors (Lipinski definition) is 4. The summed E-state index contributed by atoms with van der Waals surface area (Å²) in [6.07, 6.45) is 4.96. The van der Waals surface area contributed by atoms with Crippen molar-refractivity contribution in [2.45, 2.75) is 18.9 Å². The van der Waals surface area contributed by atoms with Crippen LogP contribution in [0.2, 0.25) is 0 Å². The Morgan fingerprint density at radius 3 is 2.63 bits per heavy atom. The van der Waals surface area contributed by atoms with E-state index >= 15 is 0 Å². The molecule has 0 radical (unpaired) electrons. The van der Waals surface area contributed by atoms with Crippen molar-refractivity contribution in [1.82, 2.24) is 9.80 Å². The van der Waals surface area contributed by atoms with Crippen LogP contribution in [-0.4, -0.2) is 53.8 Å². The maximum Gasteiger partial charge on any atom is 0.257 e. The smallest absolute Gasteiger partial charge is 0.257 e. The Hall–Kier alpha value is -2.60. The molecule has 2 amide bonds. The molecule has 0 aliphatic carbocycles. The second-order valence-corrected chi connectivity index (χ2v) is 7.58. The normalized spacial score (nSPS) is 24.9. The minimum absolute atomic E-state index is 0.0306. The lowest BCUT2D eigenvalue weighted by molar-refractivity contribution is -0.123. The highest BCUT2D eigenvalue weighted by Gasteiger charge is 2.50. The van der Waals surface area contributed by atoms with Crippen molar-refractivity contribution in [3.63, 3.8) is 0 Å². The van der Waals surface area contributed by atoms with Gasteiger partial charge in [0.15, 0.2) is 0 Å². The van der Waals surface area contributed by atoms with Gasteiger partial charge in [0.25, 0.3) is 5.91 Å². The minimum Gasteiger partial charge on any atom is -0.472 e. The number of amides is 2. The van der Waals surface area contributed by atoms with Crippen LogP contribution in [0.3, 0.4) is 0 Å². The van der Waals surface area contributed by atoms with Gasteiger partial charge in [-0.15, -0.1) is 0 Å². The molecular weight excluding hydrogens is 342 g/mol. The molecule has 0 saturated carbocycles. The number of aryl methyl sites for hydroxylation is 1. The van der Waals surface area contributed by atoms with Gasteiger partial charge in [-0.3, -0.25) is 14.5 Å². The van der Waals surface area contributed by atoms with Gasteiger partial charge in [0, 0.05) is 25.6 Å². The minimum atomic E-state index is -0.284. The molecule has 2 aromatic rings. The molecular formula is C21H25N3O3. The quantitative estimate of drug-likeness (QED) is 0.844. The molecule has 2 unspecified atom stereocenters. The van der Waals surface area contributed by atoms with E-state index in [1.165, 1.54) is 18.1 Å². The Labute approximate surface area is 158 Å². The van der Waals surface area contributed by atoms with Crippen molar-refractivity contribution in [2.75, 3.05) is 26.2 Å². The van der Waals surface area contributed by atoms with Gasteiger partial charge < -0.3 is 15.1 Å². The molecule has 6 heteroatoms. The average Bonchev–Trinajstić information content (AvgIpc) is 3.37. The van der Waals surface area contributed by atoms with Crippen LogP contribution in [0.15, 0.2) is 53.3 Å². The highest BCUT2D eigenvalue weighted by Crippen LogP contribution is 2.37. The van der Waals surface area contributed by atoms with Gasteiger partial charge in [0.2, 0.25) is 5.91 Å². The van der Waals surface area contributed by atoms with Crippen molar-refractivity contribution in [2.24, 2.45) is 17.6 Å². The number of primary amides is 1. The largest absolute Gasteiger partial charge is 0.472 e. The van der Waals surface area contributed by atoms with Gasteiger partial charge in [-0.25, -0.2) is 0 Å². The lowest BCUT2D eigenvalue weighted by Crippen LogP contribution is -2.46. The molecule has 1 aromatic heterocycles. The lowest BCUT2D eigenvalue weighted by atomic mass is 9.94. The molecule has 3 atom stereocenters. The molecule has 2 aliphatic rings. The van der Waals surface area contributed by atoms with Crippen molar-refractivity contribution < 1.29 is 14.0 Å². The molecule has 6 nitrogen and oxygen atoms in total. The molecule has 0 spiro atoms. The van der Waals surface area contributed by atoms with E-state index in [4.69, 9.17) is 10.2 Å². The number of rotatable bonds is 6. The molecule has 2 N–H and O–H groups in total. The molecule has 4 rings (SSSR count). The predicted octanol–water partition coefficient (Wildman–Crippen LogP) is 1.77. The van der Waals surface area contributed by atoms with Gasteiger partial charge in [-0.1, -0.05) is 30.3 Å². The molecule has 1 aromatic carbocycles. The predicted molar refractivity (Wildman–Crippen MR) is 101 cm³/mol. The standard InChI is InChI=1S/C21H25N3O3/c22-20(25)19-18-13-24(21(26)16-8-10-27-14-16)12-17(18)11-23(19)9-4-7-15-5-2-1-3-6-15/h1-3,5-6,8,10,14,17-19H,4,7,9,11-13H2,(H2,22,25)/t17?,18-,19?/m1/s1. The molecule has 142 valence electrons. The van der Waals surface area contributed by atoms with Crippen molar-refractivity contribution >= 4 is 11.8 Å². The van der Waals surface area contributed by atoms with Crippen LogP contribution in [-0.2, 0) is 11.2 Å². The van der Waals surface area contributed by atoms with Crippen molar-refractivity contribution in [1.29, 1.82) is 0 Å². The van der Waals surface area contributed by atoms with E-state index in [9.17, 15) is 9.59 Å². The topological polar surface area (TPSA) is 79.8 Å². The van der Waals surface area contributed by atoms with Crippen molar-refractivity contribution in [3.05, 3.63) is 60.1 Å². The van der Waals surface area contributed by atoms with Crippen molar-refractivity contribution in [3.8, 4) is 0 Å². The Morgan fingerprint density at radius 1 is 1.11 bits per heavy atom. The number of fused-ring (bicyclic) bond motifs is 1. The first-order chi connectivity index (χ1) is 13.1. The van der Waals surface area contributed by atoms with Crippen LogP contribution in [0.25, 0.3) is 0 Å². The highest BCUT2D eigenvalue weighted by atomic mass is 16.3. The van der Waals surface area contributed by atoms with Gasteiger partial charge in [0.05, 0.1) is 17.9 Å². The van der Waals surface area contributed by atoms with Crippen LogP contribution < -0.4 is 5.73 Å². The van der Waals surface area contributed by atoms with Crippen LogP contribution in [0, 0.1) is 11.8 Å². The highest BCUT2D eigenvalue weighted by molar-refractivity contribution is 5.94. The summed E-state index contributed by atoms with van der Waals surface area (Å²) in [5, 5.41) is 0. The number of hydrogen-bond donors (Lipinski definition) is 1. The molecule has 2 saturated heterocycles. The van der Waals surface area contributed by atoms with Crippen LogP contribution in [0.5, 0.6) is 0 Å². The van der Waals surface area contributed by atoms with Gasteiger partial charge in [-0.05, 0) is 36.9 Å². The summed E-state index contributed by atoms with van der Waals surface area (Å²) in [6.45, 7) is 2.93. The second-order valence-electron chi connectivity index (χ2n) is 7.58. The van der Waals surface area contributed by atoms with E-state index in [2.05, 4.69) is 17.0 Å². The zero-order valence-corrected chi connectivity index (χ0v) is 15.3. The number of carbonyl (C=O) groups is 2. The Balaban J connectivity index is 1.37. The summed E-state index contributed by atoms with van der Waals surface area (Å²) in [5.41, 5.74) is 7.61. The molecule has 27 heavy (non-hydrogen) atoms. The van der Waals surface area contributed by atoms with E-state index in [1.807, 2.05) is 23.1 Å². The van der Waals surface area contributed by atoms with E-state index < -0.39 is 0 Å². The van der Waals surface area contributed by atoms with Gasteiger partial charge in [-0.2, -0.15) is 0 Å². The van der Waals surface area contributed by atoms with E-state index in [0.717, 1.165) is 25.9 Å². The summed E-state index contributed by atoms with van der Waals surface area (Å²) in [4.78, 5) is 28.8. The summed E-state index contributed by atoms with van der Waals surface area (Å²) >= 11 is 0. The molecule has 2 fully saturated rings. The third kappa shape index (κ3) is 3.62. The monoisotopic (exact) mass is 367 g/mol. The zero-order valence-electron chi connectivity index (χ0n) is 15.3. The lowest BCUT2D eigenvalue weighted by Gasteiger charge is -2.27. The first-order valence-corrected chi connectivity index (χ1v) is 9.52. The first kappa shape index (κ1) is 17.8. The number of benzene rings is 1. The van der Waals surface area contributed by atoms with Gasteiger partial charge in [0.1, 0.15) is 6.26 Å². The zero-order chi connectivity index (χ0) is 18.8. The van der Waals surface area contributed by atoms with E-state index in [1.54, 1.807) is 6.07 Å². The average molecular weight is 367 g/mol. The molecule has 0 bridgehead atoms. The number of likely N-dealkylation sites (tertiary alicyclic amines) is 2.